The van der Waals surface area contributed by atoms with Crippen LogP contribution in [0.15, 0.2) is 18.2 Å². The Hall–Kier alpha value is -1.25. The second kappa shape index (κ2) is 7.85. The number of thiocarbonyl (C=S) groups is 1. The average molecular weight is 358 g/mol. The molecule has 0 radical (unpaired) electrons. The molecule has 1 aromatic carbocycles. The predicted octanol–water partition coefficient (Wildman–Crippen LogP) is 3.73. The second-order valence-electron chi connectivity index (χ2n) is 4.41. The normalized spacial score (nSPS) is 10.7. The van der Waals surface area contributed by atoms with E-state index in [1.54, 1.807) is 6.07 Å². The van der Waals surface area contributed by atoms with Crippen LogP contribution < -0.4 is 5.32 Å². The number of carbonyl (C=O) groups is 1. The van der Waals surface area contributed by atoms with Crippen molar-refractivity contribution in [2.24, 2.45) is 0 Å². The molecule has 0 saturated carbocycles. The minimum absolute atomic E-state index is 0.168. The molecule has 1 aromatic heterocycles. The number of rotatable bonds is 5. The summed E-state index contributed by atoms with van der Waals surface area (Å²) >= 11 is 7.86. The van der Waals surface area contributed by atoms with Gasteiger partial charge in [0.15, 0.2) is 5.13 Å². The summed E-state index contributed by atoms with van der Waals surface area (Å²) in [7, 11) is 0. The van der Waals surface area contributed by atoms with Crippen molar-refractivity contribution in [3.8, 4) is 0 Å². The molecule has 1 amide bonds. The number of anilines is 1. The van der Waals surface area contributed by atoms with Gasteiger partial charge in [0.1, 0.15) is 10.1 Å². The van der Waals surface area contributed by atoms with Gasteiger partial charge >= 0.3 is 0 Å². The van der Waals surface area contributed by atoms with Crippen molar-refractivity contribution >= 4 is 60.9 Å². The molecule has 1 heterocycles. The van der Waals surface area contributed by atoms with E-state index >= 15 is 0 Å². The molecule has 2 aromatic rings. The zero-order valence-corrected chi connectivity index (χ0v) is 14.7. The van der Waals surface area contributed by atoms with E-state index in [9.17, 15) is 9.18 Å². The average Bonchev–Trinajstić information content (AvgIpc) is 2.87. The maximum absolute atomic E-state index is 13.1. The third kappa shape index (κ3) is 4.37. The maximum atomic E-state index is 13.1. The molecule has 8 heteroatoms. The van der Waals surface area contributed by atoms with Crippen LogP contribution in [0.2, 0.25) is 0 Å². The minimum atomic E-state index is -0.311. The molecule has 0 bridgehead atoms. The second-order valence-corrected chi connectivity index (χ2v) is 7.05. The molecule has 0 fully saturated rings. The SMILES string of the molecule is CCN(CC)C(=S)SCC(=O)Nc1nc2ccc(F)cc2s1. The molecule has 4 nitrogen and oxygen atoms in total. The van der Waals surface area contributed by atoms with Crippen molar-refractivity contribution in [2.75, 3.05) is 24.2 Å². The Morgan fingerprint density at radius 2 is 2.18 bits per heavy atom. The number of nitrogens with zero attached hydrogens (tertiary/aromatic N) is 2. The van der Waals surface area contributed by atoms with Gasteiger partial charge in [-0.15, -0.1) is 0 Å². The van der Waals surface area contributed by atoms with Crippen LogP contribution in [0.4, 0.5) is 9.52 Å². The summed E-state index contributed by atoms with van der Waals surface area (Å²) in [6.07, 6.45) is 0. The van der Waals surface area contributed by atoms with Crippen LogP contribution in [0.25, 0.3) is 10.2 Å². The summed E-state index contributed by atoms with van der Waals surface area (Å²) in [5, 5.41) is 3.20. The fourth-order valence-corrected chi connectivity index (χ4v) is 3.92. The lowest BCUT2D eigenvalue weighted by atomic mass is 10.3. The van der Waals surface area contributed by atoms with Crippen molar-refractivity contribution in [2.45, 2.75) is 13.8 Å². The Kier molecular flexibility index (Phi) is 6.10. The van der Waals surface area contributed by atoms with Crippen LogP contribution in [0, 0.1) is 5.82 Å². The smallest absolute Gasteiger partial charge is 0.236 e. The summed E-state index contributed by atoms with van der Waals surface area (Å²) in [6, 6.07) is 4.36. The van der Waals surface area contributed by atoms with Crippen molar-refractivity contribution in [1.29, 1.82) is 0 Å². The molecule has 0 aliphatic heterocycles. The third-order valence-corrected chi connectivity index (χ3v) is 5.40. The van der Waals surface area contributed by atoms with Gasteiger partial charge in [-0.25, -0.2) is 9.37 Å². The molecule has 0 saturated heterocycles. The number of amides is 1. The predicted molar refractivity (Wildman–Crippen MR) is 96.2 cm³/mol. The van der Waals surface area contributed by atoms with Crippen LogP contribution in [-0.2, 0) is 4.79 Å². The van der Waals surface area contributed by atoms with Crippen molar-refractivity contribution in [1.82, 2.24) is 9.88 Å². The van der Waals surface area contributed by atoms with Gasteiger partial charge in [0.05, 0.1) is 16.0 Å². The molecule has 22 heavy (non-hydrogen) atoms. The highest BCUT2D eigenvalue weighted by Crippen LogP contribution is 2.26. The summed E-state index contributed by atoms with van der Waals surface area (Å²) in [4.78, 5) is 18.2. The van der Waals surface area contributed by atoms with Gasteiger partial charge in [-0.1, -0.05) is 35.3 Å². The number of fused-ring (bicyclic) bond motifs is 1. The fraction of sp³-hybridized carbons (Fsp3) is 0.357. The summed E-state index contributed by atoms with van der Waals surface area (Å²) < 4.78 is 14.6. The summed E-state index contributed by atoms with van der Waals surface area (Å²) in [5.41, 5.74) is 0.674. The molecule has 2 rings (SSSR count). The van der Waals surface area contributed by atoms with Crippen LogP contribution in [0.5, 0.6) is 0 Å². The van der Waals surface area contributed by atoms with Crippen LogP contribution in [0.1, 0.15) is 13.8 Å². The van der Waals surface area contributed by atoms with Crippen molar-refractivity contribution in [3.05, 3.63) is 24.0 Å². The lowest BCUT2D eigenvalue weighted by Gasteiger charge is -2.20. The minimum Gasteiger partial charge on any atom is -0.358 e. The maximum Gasteiger partial charge on any atom is 0.236 e. The molecule has 0 unspecified atom stereocenters. The molecule has 0 spiro atoms. The first kappa shape index (κ1) is 17.1. The van der Waals surface area contributed by atoms with Crippen molar-refractivity contribution in [3.63, 3.8) is 0 Å². The number of aromatic nitrogens is 1. The van der Waals surface area contributed by atoms with Gasteiger partial charge in [-0.3, -0.25) is 4.79 Å². The Balaban J connectivity index is 1.92. The number of thiazole rings is 1. The number of thioether (sulfide) groups is 1. The van der Waals surface area contributed by atoms with Crippen molar-refractivity contribution < 1.29 is 9.18 Å². The van der Waals surface area contributed by atoms with E-state index in [0.29, 0.717) is 19.7 Å². The van der Waals surface area contributed by atoms with Gasteiger partial charge < -0.3 is 10.2 Å². The molecule has 1 N–H and O–H groups in total. The van der Waals surface area contributed by atoms with Crippen LogP contribution >= 0.6 is 35.3 Å². The van der Waals surface area contributed by atoms with E-state index in [-0.39, 0.29) is 17.5 Å². The fourth-order valence-electron chi connectivity index (χ4n) is 1.81. The molecule has 118 valence electrons. The zero-order chi connectivity index (χ0) is 16.1. The van der Waals surface area contributed by atoms with E-state index in [0.717, 1.165) is 13.1 Å². The summed E-state index contributed by atoms with van der Waals surface area (Å²) in [5.74, 6) is -0.243. The monoisotopic (exact) mass is 357 g/mol. The van der Waals surface area contributed by atoms with Gasteiger partial charge in [0.25, 0.3) is 0 Å². The highest BCUT2D eigenvalue weighted by atomic mass is 32.2. The topological polar surface area (TPSA) is 45.2 Å². The molecule has 0 atom stereocenters. The van der Waals surface area contributed by atoms with E-state index < -0.39 is 0 Å². The number of nitrogens with one attached hydrogen (secondary N) is 1. The standard InChI is InChI=1S/C14H16FN3OS3/c1-3-18(4-2)14(20)21-8-12(19)17-13-16-10-6-5-9(15)7-11(10)22-13/h5-7H,3-4,8H2,1-2H3,(H,16,17,19). The largest absolute Gasteiger partial charge is 0.358 e. The van der Waals surface area contributed by atoms with Gasteiger partial charge in [0.2, 0.25) is 5.91 Å². The number of carbonyl (C=O) groups excluding carboxylic acids is 1. The quantitative estimate of drug-likeness (QED) is 0.826. The number of hydrogen-bond donors (Lipinski definition) is 1. The first-order valence-corrected chi connectivity index (χ1v) is 9.02. The highest BCUT2D eigenvalue weighted by Gasteiger charge is 2.11. The van der Waals surface area contributed by atoms with E-state index in [2.05, 4.69) is 10.3 Å². The number of hydrogen-bond acceptors (Lipinski definition) is 5. The number of halogens is 1. The third-order valence-electron chi connectivity index (χ3n) is 2.95. The first-order valence-electron chi connectivity index (χ1n) is 6.81. The lowest BCUT2D eigenvalue weighted by molar-refractivity contribution is -0.113. The summed E-state index contributed by atoms with van der Waals surface area (Å²) in [6.45, 7) is 5.70. The molecular weight excluding hydrogens is 341 g/mol. The number of benzene rings is 1. The molecular formula is C14H16FN3OS3. The Morgan fingerprint density at radius 1 is 1.45 bits per heavy atom. The Bertz CT molecular complexity index is 685. The first-order chi connectivity index (χ1) is 10.5. The van der Waals surface area contributed by atoms with E-state index in [1.165, 1.54) is 35.2 Å². The Morgan fingerprint density at radius 3 is 2.86 bits per heavy atom. The Labute approximate surface area is 142 Å². The highest BCUT2D eigenvalue weighted by molar-refractivity contribution is 8.23. The zero-order valence-electron chi connectivity index (χ0n) is 12.3. The molecule has 0 aliphatic rings. The lowest BCUT2D eigenvalue weighted by Crippen LogP contribution is -2.28. The molecule has 0 aliphatic carbocycles. The van der Waals surface area contributed by atoms with E-state index in [4.69, 9.17) is 12.2 Å². The van der Waals surface area contributed by atoms with Gasteiger partial charge in [-0.2, -0.15) is 0 Å². The van der Waals surface area contributed by atoms with Crippen LogP contribution in [0.3, 0.4) is 0 Å². The van der Waals surface area contributed by atoms with E-state index in [1.807, 2.05) is 18.7 Å². The van der Waals surface area contributed by atoms with Gasteiger partial charge in [-0.05, 0) is 32.0 Å². The van der Waals surface area contributed by atoms with Gasteiger partial charge in [0, 0.05) is 13.1 Å². The van der Waals surface area contributed by atoms with Crippen LogP contribution in [-0.4, -0.2) is 39.0 Å².